The Balaban J connectivity index is 1.79. The van der Waals surface area contributed by atoms with Crippen LogP contribution in [0.1, 0.15) is 16.4 Å². The molecule has 25 heavy (non-hydrogen) atoms. The van der Waals surface area contributed by atoms with Gasteiger partial charge in [0.25, 0.3) is 0 Å². The van der Waals surface area contributed by atoms with Crippen LogP contribution in [0.25, 0.3) is 0 Å². The SMILES string of the molecule is COc1ccc(Cn2nnnc2SC(C(N)=O)c2ccccc2)cc1. The summed E-state index contributed by atoms with van der Waals surface area (Å²) in [6.45, 7) is 0.486. The molecule has 3 aromatic rings. The lowest BCUT2D eigenvalue weighted by Gasteiger charge is -2.13. The lowest BCUT2D eigenvalue weighted by Crippen LogP contribution is -2.19. The maximum atomic E-state index is 11.9. The number of carbonyl (C=O) groups is 1. The molecule has 3 rings (SSSR count). The van der Waals surface area contributed by atoms with Crippen molar-refractivity contribution < 1.29 is 9.53 Å². The van der Waals surface area contributed by atoms with Crippen LogP contribution in [0.4, 0.5) is 0 Å². The fourth-order valence-corrected chi connectivity index (χ4v) is 3.23. The van der Waals surface area contributed by atoms with Crippen molar-refractivity contribution in [2.45, 2.75) is 17.0 Å². The van der Waals surface area contributed by atoms with Crippen molar-refractivity contribution in [2.75, 3.05) is 7.11 Å². The second-order valence-electron chi connectivity index (χ2n) is 5.28. The highest BCUT2D eigenvalue weighted by atomic mass is 32.2. The molecule has 1 unspecified atom stereocenters. The second-order valence-corrected chi connectivity index (χ2v) is 6.35. The van der Waals surface area contributed by atoms with E-state index in [1.54, 1.807) is 11.8 Å². The average Bonchev–Trinajstić information content (AvgIpc) is 3.07. The number of rotatable bonds is 7. The van der Waals surface area contributed by atoms with Gasteiger partial charge in [-0.2, -0.15) is 0 Å². The van der Waals surface area contributed by atoms with Gasteiger partial charge in [-0.15, -0.1) is 5.10 Å². The van der Waals surface area contributed by atoms with E-state index >= 15 is 0 Å². The monoisotopic (exact) mass is 355 g/mol. The van der Waals surface area contributed by atoms with E-state index in [2.05, 4.69) is 15.5 Å². The minimum Gasteiger partial charge on any atom is -0.497 e. The van der Waals surface area contributed by atoms with Crippen LogP contribution in [0.2, 0.25) is 0 Å². The van der Waals surface area contributed by atoms with Crippen LogP contribution in [0, 0.1) is 0 Å². The Kier molecular flexibility index (Phi) is 5.30. The molecule has 0 spiro atoms. The maximum Gasteiger partial charge on any atom is 0.235 e. The smallest absolute Gasteiger partial charge is 0.235 e. The largest absolute Gasteiger partial charge is 0.497 e. The topological polar surface area (TPSA) is 95.9 Å². The van der Waals surface area contributed by atoms with E-state index in [1.807, 2.05) is 54.6 Å². The summed E-state index contributed by atoms with van der Waals surface area (Å²) in [5.41, 5.74) is 7.41. The van der Waals surface area contributed by atoms with E-state index in [0.29, 0.717) is 11.7 Å². The maximum absolute atomic E-state index is 11.9. The molecule has 8 heteroatoms. The van der Waals surface area contributed by atoms with Gasteiger partial charge < -0.3 is 10.5 Å². The van der Waals surface area contributed by atoms with Crippen molar-refractivity contribution >= 4 is 17.7 Å². The van der Waals surface area contributed by atoms with Crippen LogP contribution in [0.3, 0.4) is 0 Å². The third-order valence-electron chi connectivity index (χ3n) is 3.57. The van der Waals surface area contributed by atoms with E-state index < -0.39 is 11.2 Å². The summed E-state index contributed by atoms with van der Waals surface area (Å²) < 4.78 is 6.80. The van der Waals surface area contributed by atoms with Gasteiger partial charge in [-0.1, -0.05) is 54.2 Å². The third-order valence-corrected chi connectivity index (χ3v) is 4.82. The van der Waals surface area contributed by atoms with Crippen LogP contribution in [-0.4, -0.2) is 33.2 Å². The van der Waals surface area contributed by atoms with Crippen LogP contribution in [-0.2, 0) is 11.3 Å². The van der Waals surface area contributed by atoms with Crippen LogP contribution < -0.4 is 10.5 Å². The molecule has 7 nitrogen and oxygen atoms in total. The Morgan fingerprint density at radius 1 is 1.20 bits per heavy atom. The van der Waals surface area contributed by atoms with Gasteiger partial charge in [0.2, 0.25) is 11.1 Å². The van der Waals surface area contributed by atoms with Gasteiger partial charge in [-0.05, 0) is 33.7 Å². The Labute approximate surface area is 149 Å². The minimum atomic E-state index is -0.554. The summed E-state index contributed by atoms with van der Waals surface area (Å²) in [4.78, 5) is 11.9. The summed E-state index contributed by atoms with van der Waals surface area (Å²) in [7, 11) is 1.62. The highest BCUT2D eigenvalue weighted by Crippen LogP contribution is 2.33. The first-order valence-electron chi connectivity index (χ1n) is 7.57. The van der Waals surface area contributed by atoms with Gasteiger partial charge in [0.1, 0.15) is 11.0 Å². The fraction of sp³-hybridized carbons (Fsp3) is 0.176. The first-order chi connectivity index (χ1) is 12.2. The summed E-state index contributed by atoms with van der Waals surface area (Å²) in [6.07, 6.45) is 0. The molecule has 2 N–H and O–H groups in total. The Hall–Kier alpha value is -2.87. The van der Waals surface area contributed by atoms with Gasteiger partial charge >= 0.3 is 0 Å². The number of aromatic nitrogens is 4. The van der Waals surface area contributed by atoms with Crippen LogP contribution in [0.5, 0.6) is 5.75 Å². The molecular formula is C17H17N5O2S. The molecule has 0 saturated heterocycles. The zero-order valence-corrected chi connectivity index (χ0v) is 14.4. The number of carbonyl (C=O) groups excluding carboxylic acids is 1. The standard InChI is InChI=1S/C17H17N5O2S/c1-24-14-9-7-12(8-10-14)11-22-17(19-20-21-22)25-15(16(18)23)13-5-3-2-4-6-13/h2-10,15H,11H2,1H3,(H2,18,23). The second kappa shape index (κ2) is 7.80. The Morgan fingerprint density at radius 3 is 2.56 bits per heavy atom. The third kappa shape index (κ3) is 4.16. The highest BCUT2D eigenvalue weighted by molar-refractivity contribution is 8.00. The zero-order valence-electron chi connectivity index (χ0n) is 13.6. The average molecular weight is 355 g/mol. The summed E-state index contributed by atoms with van der Waals surface area (Å²) >= 11 is 1.24. The van der Waals surface area contributed by atoms with Crippen molar-refractivity contribution in [3.05, 3.63) is 65.7 Å². The van der Waals surface area contributed by atoms with Gasteiger partial charge in [0, 0.05) is 0 Å². The number of methoxy groups -OCH3 is 1. The summed E-state index contributed by atoms with van der Waals surface area (Å²) in [5, 5.41) is 11.7. The first-order valence-corrected chi connectivity index (χ1v) is 8.45. The number of tetrazole rings is 1. The molecule has 0 saturated carbocycles. The molecule has 0 aliphatic carbocycles. The molecule has 1 amide bonds. The van der Waals surface area contributed by atoms with Crippen molar-refractivity contribution in [1.29, 1.82) is 0 Å². The van der Waals surface area contributed by atoms with Crippen molar-refractivity contribution in [3.63, 3.8) is 0 Å². The minimum absolute atomic E-state index is 0.435. The number of ether oxygens (including phenoxy) is 1. The number of benzene rings is 2. The number of hydrogen-bond acceptors (Lipinski definition) is 6. The molecule has 0 aliphatic rings. The lowest BCUT2D eigenvalue weighted by atomic mass is 10.1. The molecule has 2 aromatic carbocycles. The first kappa shape index (κ1) is 17.0. The highest BCUT2D eigenvalue weighted by Gasteiger charge is 2.22. The number of primary amides is 1. The fourth-order valence-electron chi connectivity index (χ4n) is 2.31. The van der Waals surface area contributed by atoms with E-state index in [9.17, 15) is 4.79 Å². The van der Waals surface area contributed by atoms with E-state index in [-0.39, 0.29) is 0 Å². The van der Waals surface area contributed by atoms with Crippen molar-refractivity contribution in [2.24, 2.45) is 5.73 Å². The molecule has 0 radical (unpaired) electrons. The molecule has 128 valence electrons. The van der Waals surface area contributed by atoms with Crippen molar-refractivity contribution in [3.8, 4) is 5.75 Å². The predicted octanol–water partition coefficient (Wildman–Crippen LogP) is 2.05. The van der Waals surface area contributed by atoms with E-state index in [0.717, 1.165) is 16.9 Å². The summed E-state index contributed by atoms with van der Waals surface area (Å²) in [6, 6.07) is 17.0. The normalized spacial score (nSPS) is 11.9. The Bertz CT molecular complexity index is 836. The lowest BCUT2D eigenvalue weighted by molar-refractivity contribution is -0.117. The quantitative estimate of drug-likeness (QED) is 0.652. The van der Waals surface area contributed by atoms with E-state index in [1.165, 1.54) is 11.8 Å². The van der Waals surface area contributed by atoms with E-state index in [4.69, 9.17) is 10.5 Å². The summed E-state index contributed by atoms with van der Waals surface area (Å²) in [5.74, 6) is 0.350. The molecular weight excluding hydrogens is 338 g/mol. The van der Waals surface area contributed by atoms with Gasteiger partial charge in [-0.3, -0.25) is 4.79 Å². The number of amides is 1. The zero-order chi connectivity index (χ0) is 17.6. The number of nitrogens with two attached hydrogens (primary N) is 1. The van der Waals surface area contributed by atoms with Crippen LogP contribution in [0.15, 0.2) is 59.8 Å². The van der Waals surface area contributed by atoms with Crippen molar-refractivity contribution in [1.82, 2.24) is 20.2 Å². The van der Waals surface area contributed by atoms with Crippen LogP contribution >= 0.6 is 11.8 Å². The number of hydrogen-bond donors (Lipinski definition) is 1. The number of thioether (sulfide) groups is 1. The van der Waals surface area contributed by atoms with Gasteiger partial charge in [-0.25, -0.2) is 4.68 Å². The number of nitrogens with zero attached hydrogens (tertiary/aromatic N) is 4. The predicted molar refractivity (Wildman–Crippen MR) is 94.1 cm³/mol. The van der Waals surface area contributed by atoms with Gasteiger partial charge in [0.05, 0.1) is 13.7 Å². The molecule has 0 bridgehead atoms. The van der Waals surface area contributed by atoms with Gasteiger partial charge in [0.15, 0.2) is 0 Å². The Morgan fingerprint density at radius 2 is 1.92 bits per heavy atom. The molecule has 1 aromatic heterocycles. The molecule has 1 heterocycles. The molecule has 1 atom stereocenters. The molecule has 0 aliphatic heterocycles. The molecule has 0 fully saturated rings.